The summed E-state index contributed by atoms with van der Waals surface area (Å²) in [4.78, 5) is 25.0. The summed E-state index contributed by atoms with van der Waals surface area (Å²) in [5, 5.41) is 2.78. The molecule has 1 aliphatic rings. The molecule has 25 heavy (non-hydrogen) atoms. The number of cyclic esters (lactones) is 1. The van der Waals surface area contributed by atoms with Gasteiger partial charge in [0.1, 0.15) is 11.5 Å². The van der Waals surface area contributed by atoms with Crippen molar-refractivity contribution < 1.29 is 23.8 Å². The van der Waals surface area contributed by atoms with Crippen molar-refractivity contribution >= 4 is 17.6 Å². The molecule has 1 atom stereocenters. The summed E-state index contributed by atoms with van der Waals surface area (Å²) in [6, 6.07) is 12.2. The Morgan fingerprint density at radius 2 is 1.92 bits per heavy atom. The Kier molecular flexibility index (Phi) is 4.35. The number of hydrogen-bond donors (Lipinski definition) is 1. The van der Waals surface area contributed by atoms with E-state index < -0.39 is 17.5 Å². The number of nitrogens with one attached hydrogen (secondary N) is 1. The number of fused-ring (bicyclic) bond motifs is 1. The Morgan fingerprint density at radius 3 is 2.64 bits per heavy atom. The number of benzene rings is 2. The van der Waals surface area contributed by atoms with Crippen LogP contribution >= 0.6 is 0 Å². The highest BCUT2D eigenvalue weighted by Gasteiger charge is 2.42. The third-order valence-corrected chi connectivity index (χ3v) is 4.22. The van der Waals surface area contributed by atoms with Crippen LogP contribution in [-0.4, -0.2) is 31.7 Å². The maximum Gasteiger partial charge on any atom is 0.339 e. The van der Waals surface area contributed by atoms with Crippen LogP contribution in [0, 0.1) is 0 Å². The van der Waals surface area contributed by atoms with Crippen LogP contribution in [-0.2, 0) is 16.0 Å². The van der Waals surface area contributed by atoms with E-state index in [2.05, 4.69) is 5.32 Å². The third kappa shape index (κ3) is 3.15. The number of amides is 1. The van der Waals surface area contributed by atoms with Crippen LogP contribution in [0.1, 0.15) is 22.8 Å². The molecule has 2 aromatic rings. The largest absolute Gasteiger partial charge is 0.497 e. The Balaban J connectivity index is 1.85. The minimum atomic E-state index is -1.30. The fourth-order valence-electron chi connectivity index (χ4n) is 2.82. The van der Waals surface area contributed by atoms with Crippen LogP contribution in [0.2, 0.25) is 0 Å². The fourth-order valence-corrected chi connectivity index (χ4v) is 2.82. The molecule has 0 saturated heterocycles. The number of methoxy groups -OCH3 is 2. The van der Waals surface area contributed by atoms with Gasteiger partial charge in [0.2, 0.25) is 0 Å². The molecule has 1 unspecified atom stereocenters. The number of ether oxygens (including phenoxy) is 3. The monoisotopic (exact) mass is 341 g/mol. The maximum atomic E-state index is 12.8. The van der Waals surface area contributed by atoms with E-state index >= 15 is 0 Å². The van der Waals surface area contributed by atoms with Gasteiger partial charge in [-0.05, 0) is 30.7 Å². The van der Waals surface area contributed by atoms with Gasteiger partial charge in [-0.15, -0.1) is 0 Å². The maximum absolute atomic E-state index is 12.8. The molecule has 1 aliphatic heterocycles. The van der Waals surface area contributed by atoms with Gasteiger partial charge in [-0.2, -0.15) is 0 Å². The first-order valence-electron chi connectivity index (χ1n) is 7.81. The fraction of sp³-hybridized carbons (Fsp3) is 0.263. The van der Waals surface area contributed by atoms with Crippen LogP contribution < -0.4 is 14.8 Å². The lowest BCUT2D eigenvalue weighted by molar-refractivity contribution is -0.134. The van der Waals surface area contributed by atoms with Gasteiger partial charge in [-0.1, -0.05) is 18.2 Å². The lowest BCUT2D eigenvalue weighted by Crippen LogP contribution is -2.48. The van der Waals surface area contributed by atoms with E-state index in [0.717, 1.165) is 5.56 Å². The Labute approximate surface area is 145 Å². The van der Waals surface area contributed by atoms with Crippen LogP contribution in [0.3, 0.4) is 0 Å². The van der Waals surface area contributed by atoms with E-state index in [4.69, 9.17) is 14.2 Å². The smallest absolute Gasteiger partial charge is 0.339 e. The average Bonchev–Trinajstić information content (AvgIpc) is 2.61. The summed E-state index contributed by atoms with van der Waals surface area (Å²) in [5.41, 5.74) is 0.466. The first kappa shape index (κ1) is 16.8. The average molecular weight is 341 g/mol. The normalized spacial score (nSPS) is 18.8. The van der Waals surface area contributed by atoms with E-state index in [0.29, 0.717) is 29.2 Å². The number of esters is 1. The molecule has 1 heterocycles. The van der Waals surface area contributed by atoms with Gasteiger partial charge >= 0.3 is 5.97 Å². The van der Waals surface area contributed by atoms with E-state index in [-0.39, 0.29) is 0 Å². The molecule has 0 bridgehead atoms. The topological polar surface area (TPSA) is 73.9 Å². The van der Waals surface area contributed by atoms with Crippen molar-refractivity contribution in [1.29, 1.82) is 0 Å². The second kappa shape index (κ2) is 6.47. The summed E-state index contributed by atoms with van der Waals surface area (Å²) in [5.74, 6) is 0.151. The molecule has 1 N–H and O–H groups in total. The molecular weight excluding hydrogens is 322 g/mol. The molecular formula is C19H19NO5. The summed E-state index contributed by atoms with van der Waals surface area (Å²) < 4.78 is 15.9. The van der Waals surface area contributed by atoms with Gasteiger partial charge in [-0.3, -0.25) is 4.79 Å². The molecule has 0 saturated carbocycles. The molecule has 0 aromatic heterocycles. The second-order valence-corrected chi connectivity index (χ2v) is 5.97. The van der Waals surface area contributed by atoms with Gasteiger partial charge in [0.05, 0.1) is 25.5 Å². The van der Waals surface area contributed by atoms with Crippen molar-refractivity contribution in [2.24, 2.45) is 0 Å². The van der Waals surface area contributed by atoms with Crippen molar-refractivity contribution in [3.05, 3.63) is 53.6 Å². The highest BCUT2D eigenvalue weighted by molar-refractivity contribution is 6.03. The van der Waals surface area contributed by atoms with Gasteiger partial charge < -0.3 is 19.5 Å². The molecule has 0 aliphatic carbocycles. The first-order valence-corrected chi connectivity index (χ1v) is 7.81. The zero-order valence-corrected chi connectivity index (χ0v) is 14.3. The predicted octanol–water partition coefficient (Wildman–Crippen LogP) is 2.81. The molecule has 0 spiro atoms. The minimum absolute atomic E-state index is 0.305. The molecule has 6 nitrogen and oxygen atoms in total. The Hall–Kier alpha value is -3.02. The third-order valence-electron chi connectivity index (χ3n) is 4.22. The molecule has 130 valence electrons. The quantitative estimate of drug-likeness (QED) is 0.866. The second-order valence-electron chi connectivity index (χ2n) is 5.97. The standard InChI is InChI=1S/C19H19NO5/c1-19(11-12-6-4-5-7-14(12)17(21)25-19)18(22)20-15-9-8-13(23-2)10-16(15)24-3/h4-10H,11H2,1-3H3,(H,20,22). The number of hydrogen-bond acceptors (Lipinski definition) is 5. The number of carbonyl (C=O) groups excluding carboxylic acids is 2. The van der Waals surface area contributed by atoms with Gasteiger partial charge in [-0.25, -0.2) is 4.79 Å². The molecule has 1 amide bonds. The van der Waals surface area contributed by atoms with Gasteiger partial charge in [0.25, 0.3) is 5.91 Å². The minimum Gasteiger partial charge on any atom is -0.497 e. The van der Waals surface area contributed by atoms with Crippen molar-refractivity contribution in [1.82, 2.24) is 0 Å². The number of rotatable bonds is 4. The molecule has 2 aromatic carbocycles. The summed E-state index contributed by atoms with van der Waals surface area (Å²) in [7, 11) is 3.05. The van der Waals surface area contributed by atoms with Crippen molar-refractivity contribution in [3.8, 4) is 11.5 Å². The van der Waals surface area contributed by atoms with E-state index in [1.807, 2.05) is 12.1 Å². The predicted molar refractivity (Wildman–Crippen MR) is 92.1 cm³/mol. The molecule has 3 rings (SSSR count). The lowest BCUT2D eigenvalue weighted by atomic mass is 9.89. The lowest BCUT2D eigenvalue weighted by Gasteiger charge is -2.33. The highest BCUT2D eigenvalue weighted by Crippen LogP contribution is 2.32. The van der Waals surface area contributed by atoms with Crippen LogP contribution in [0.5, 0.6) is 11.5 Å². The summed E-state index contributed by atoms with van der Waals surface area (Å²) in [6.07, 6.45) is 0.305. The van der Waals surface area contributed by atoms with E-state index in [1.165, 1.54) is 7.11 Å². The number of carbonyl (C=O) groups is 2. The molecule has 0 fully saturated rings. The van der Waals surface area contributed by atoms with Gasteiger partial charge in [0, 0.05) is 12.5 Å². The van der Waals surface area contributed by atoms with Crippen molar-refractivity contribution in [2.75, 3.05) is 19.5 Å². The van der Waals surface area contributed by atoms with Crippen molar-refractivity contribution in [2.45, 2.75) is 18.9 Å². The zero-order chi connectivity index (χ0) is 18.0. The van der Waals surface area contributed by atoms with Crippen LogP contribution in [0.25, 0.3) is 0 Å². The first-order chi connectivity index (χ1) is 12.0. The van der Waals surface area contributed by atoms with Gasteiger partial charge in [0.15, 0.2) is 5.60 Å². The number of anilines is 1. The van der Waals surface area contributed by atoms with E-state index in [9.17, 15) is 9.59 Å². The molecule has 6 heteroatoms. The highest BCUT2D eigenvalue weighted by atomic mass is 16.6. The summed E-state index contributed by atoms with van der Waals surface area (Å²) >= 11 is 0. The Morgan fingerprint density at radius 1 is 1.16 bits per heavy atom. The van der Waals surface area contributed by atoms with E-state index in [1.54, 1.807) is 44.4 Å². The van der Waals surface area contributed by atoms with Crippen LogP contribution in [0.15, 0.2) is 42.5 Å². The van der Waals surface area contributed by atoms with Crippen molar-refractivity contribution in [3.63, 3.8) is 0 Å². The molecule has 0 radical (unpaired) electrons. The Bertz CT molecular complexity index is 832. The SMILES string of the molecule is COc1ccc(NC(=O)C2(C)Cc3ccccc3C(=O)O2)c(OC)c1. The zero-order valence-electron chi connectivity index (χ0n) is 14.3. The summed E-state index contributed by atoms with van der Waals surface area (Å²) in [6.45, 7) is 1.60. The van der Waals surface area contributed by atoms with Crippen LogP contribution in [0.4, 0.5) is 5.69 Å².